The molecule has 0 radical (unpaired) electrons. The minimum absolute atomic E-state index is 0.480. The van der Waals surface area contributed by atoms with E-state index < -0.39 is 0 Å². The fourth-order valence-corrected chi connectivity index (χ4v) is 0.484. The summed E-state index contributed by atoms with van der Waals surface area (Å²) in [7, 11) is 0. The summed E-state index contributed by atoms with van der Waals surface area (Å²) in [6.07, 6.45) is 7.37. The Hall–Kier alpha value is -0.720. The summed E-state index contributed by atoms with van der Waals surface area (Å²) in [6.45, 7) is 3.90. The maximum absolute atomic E-state index is 8.91. The number of allylic oxidation sites excluding steroid dienone is 4. The van der Waals surface area contributed by atoms with Gasteiger partial charge in [0.25, 0.3) is 0 Å². The lowest BCUT2D eigenvalue weighted by Gasteiger charge is -1.89. The SMILES string of the molecule is C/C=C/C/C=C(/O)CC. The van der Waals surface area contributed by atoms with E-state index >= 15 is 0 Å². The number of aliphatic hydroxyl groups excluding tert-OH is 1. The van der Waals surface area contributed by atoms with Crippen LogP contribution in [0.2, 0.25) is 0 Å². The third kappa shape index (κ3) is 5.15. The van der Waals surface area contributed by atoms with Gasteiger partial charge in [-0.2, -0.15) is 0 Å². The molecule has 0 bridgehead atoms. The van der Waals surface area contributed by atoms with Crippen molar-refractivity contribution in [3.63, 3.8) is 0 Å². The molecule has 1 N–H and O–H groups in total. The van der Waals surface area contributed by atoms with Crippen LogP contribution in [0.4, 0.5) is 0 Å². The van der Waals surface area contributed by atoms with Crippen molar-refractivity contribution in [2.24, 2.45) is 0 Å². The first-order valence-electron chi connectivity index (χ1n) is 3.30. The van der Waals surface area contributed by atoms with E-state index in [1.54, 1.807) is 0 Å². The predicted octanol–water partition coefficient (Wildman–Crippen LogP) is 2.80. The van der Waals surface area contributed by atoms with Gasteiger partial charge >= 0.3 is 0 Å². The summed E-state index contributed by atoms with van der Waals surface area (Å²) < 4.78 is 0. The van der Waals surface area contributed by atoms with Crippen LogP contribution in [0.1, 0.15) is 26.7 Å². The Morgan fingerprint density at radius 3 is 2.67 bits per heavy atom. The molecule has 0 aromatic heterocycles. The van der Waals surface area contributed by atoms with Crippen LogP contribution >= 0.6 is 0 Å². The molecule has 0 saturated carbocycles. The molecule has 0 aliphatic heterocycles. The van der Waals surface area contributed by atoms with Crippen LogP contribution in [0.5, 0.6) is 0 Å². The third-order valence-corrected chi connectivity index (χ3v) is 1.09. The molecule has 0 rings (SSSR count). The Morgan fingerprint density at radius 2 is 2.22 bits per heavy atom. The molecule has 0 spiro atoms. The lowest BCUT2D eigenvalue weighted by atomic mass is 10.3. The van der Waals surface area contributed by atoms with Gasteiger partial charge in [-0.3, -0.25) is 0 Å². The average Bonchev–Trinajstić information content (AvgIpc) is 1.89. The van der Waals surface area contributed by atoms with Crippen LogP contribution in [0, 0.1) is 0 Å². The van der Waals surface area contributed by atoms with E-state index in [0.29, 0.717) is 5.76 Å². The van der Waals surface area contributed by atoms with Crippen molar-refractivity contribution >= 4 is 0 Å². The Balaban J connectivity index is 3.43. The van der Waals surface area contributed by atoms with Crippen molar-refractivity contribution in [2.75, 3.05) is 0 Å². The summed E-state index contributed by atoms with van der Waals surface area (Å²) in [5.74, 6) is 0.480. The summed E-state index contributed by atoms with van der Waals surface area (Å²) in [5.41, 5.74) is 0. The van der Waals surface area contributed by atoms with E-state index in [4.69, 9.17) is 5.11 Å². The van der Waals surface area contributed by atoms with E-state index in [1.807, 2.05) is 32.1 Å². The summed E-state index contributed by atoms with van der Waals surface area (Å²) >= 11 is 0. The zero-order valence-electron chi connectivity index (χ0n) is 6.09. The lowest BCUT2D eigenvalue weighted by molar-refractivity contribution is 0.392. The van der Waals surface area contributed by atoms with Crippen LogP contribution in [0.25, 0.3) is 0 Å². The summed E-state index contributed by atoms with van der Waals surface area (Å²) in [4.78, 5) is 0. The number of hydrogen-bond acceptors (Lipinski definition) is 1. The second-order valence-electron chi connectivity index (χ2n) is 1.85. The Labute approximate surface area is 56.7 Å². The quantitative estimate of drug-likeness (QED) is 0.455. The van der Waals surface area contributed by atoms with Gasteiger partial charge in [0, 0.05) is 6.42 Å². The number of rotatable bonds is 3. The van der Waals surface area contributed by atoms with Crippen LogP contribution in [0.15, 0.2) is 24.0 Å². The molecule has 0 aliphatic rings. The molecule has 0 aliphatic carbocycles. The topological polar surface area (TPSA) is 20.2 Å². The molecule has 52 valence electrons. The molecule has 0 unspecified atom stereocenters. The molecule has 0 aromatic carbocycles. The highest BCUT2D eigenvalue weighted by Gasteiger charge is 1.81. The van der Waals surface area contributed by atoms with Crippen molar-refractivity contribution in [1.29, 1.82) is 0 Å². The number of aliphatic hydroxyl groups is 1. The Kier molecular flexibility index (Phi) is 4.98. The van der Waals surface area contributed by atoms with E-state index in [2.05, 4.69) is 0 Å². The molecule has 0 atom stereocenters. The van der Waals surface area contributed by atoms with Crippen molar-refractivity contribution < 1.29 is 5.11 Å². The first-order chi connectivity index (χ1) is 4.31. The summed E-state index contributed by atoms with van der Waals surface area (Å²) in [5, 5.41) is 8.91. The van der Waals surface area contributed by atoms with Crippen LogP contribution in [-0.4, -0.2) is 5.11 Å². The van der Waals surface area contributed by atoms with Crippen molar-refractivity contribution in [3.05, 3.63) is 24.0 Å². The molecule has 9 heavy (non-hydrogen) atoms. The van der Waals surface area contributed by atoms with E-state index in [9.17, 15) is 0 Å². The van der Waals surface area contributed by atoms with E-state index in [1.165, 1.54) is 0 Å². The number of hydrogen-bond donors (Lipinski definition) is 1. The van der Waals surface area contributed by atoms with Crippen LogP contribution < -0.4 is 0 Å². The highest BCUT2D eigenvalue weighted by molar-refractivity contribution is 4.95. The van der Waals surface area contributed by atoms with Crippen molar-refractivity contribution in [1.82, 2.24) is 0 Å². The van der Waals surface area contributed by atoms with Gasteiger partial charge in [-0.15, -0.1) is 0 Å². The van der Waals surface area contributed by atoms with Gasteiger partial charge in [-0.1, -0.05) is 19.1 Å². The average molecular weight is 126 g/mol. The van der Waals surface area contributed by atoms with E-state index in [-0.39, 0.29) is 0 Å². The zero-order valence-corrected chi connectivity index (χ0v) is 6.09. The van der Waals surface area contributed by atoms with Gasteiger partial charge in [0.05, 0.1) is 5.76 Å². The molecule has 0 amide bonds. The summed E-state index contributed by atoms with van der Waals surface area (Å²) in [6, 6.07) is 0. The highest BCUT2D eigenvalue weighted by Crippen LogP contribution is 1.96. The normalized spacial score (nSPS) is 12.9. The van der Waals surface area contributed by atoms with E-state index in [0.717, 1.165) is 12.8 Å². The van der Waals surface area contributed by atoms with Gasteiger partial charge in [0.1, 0.15) is 0 Å². The first-order valence-corrected chi connectivity index (χ1v) is 3.30. The van der Waals surface area contributed by atoms with Gasteiger partial charge in [0.2, 0.25) is 0 Å². The Bertz CT molecular complexity index is 112. The fourth-order valence-electron chi connectivity index (χ4n) is 0.484. The zero-order chi connectivity index (χ0) is 7.11. The molecule has 0 heterocycles. The van der Waals surface area contributed by atoms with Crippen LogP contribution in [-0.2, 0) is 0 Å². The molecule has 0 saturated heterocycles. The highest BCUT2D eigenvalue weighted by atomic mass is 16.3. The molecule has 0 fully saturated rings. The third-order valence-electron chi connectivity index (χ3n) is 1.09. The van der Waals surface area contributed by atoms with Crippen molar-refractivity contribution in [2.45, 2.75) is 26.7 Å². The maximum atomic E-state index is 8.91. The maximum Gasteiger partial charge on any atom is 0.0883 e. The van der Waals surface area contributed by atoms with Gasteiger partial charge < -0.3 is 5.11 Å². The molecule has 0 aromatic rings. The predicted molar refractivity (Wildman–Crippen MR) is 40.4 cm³/mol. The second-order valence-corrected chi connectivity index (χ2v) is 1.85. The minimum atomic E-state index is 0.480. The standard InChI is InChI=1S/C8H14O/c1-3-5-6-7-8(9)4-2/h3,5,7,9H,4,6H2,1-2H3/b5-3+,8-7+. The molecule has 1 nitrogen and oxygen atoms in total. The van der Waals surface area contributed by atoms with Crippen molar-refractivity contribution in [3.8, 4) is 0 Å². The molecular formula is C8H14O. The second kappa shape index (κ2) is 5.42. The molecule has 1 heteroatoms. The fraction of sp³-hybridized carbons (Fsp3) is 0.500. The van der Waals surface area contributed by atoms with Crippen LogP contribution in [0.3, 0.4) is 0 Å². The minimum Gasteiger partial charge on any atom is -0.513 e. The van der Waals surface area contributed by atoms with Gasteiger partial charge in [0.15, 0.2) is 0 Å². The van der Waals surface area contributed by atoms with Gasteiger partial charge in [-0.25, -0.2) is 0 Å². The first kappa shape index (κ1) is 8.28. The Morgan fingerprint density at radius 1 is 1.56 bits per heavy atom. The smallest absolute Gasteiger partial charge is 0.0883 e. The monoisotopic (exact) mass is 126 g/mol. The van der Waals surface area contributed by atoms with Gasteiger partial charge in [-0.05, 0) is 19.4 Å². The lowest BCUT2D eigenvalue weighted by Crippen LogP contribution is -1.74. The molecular weight excluding hydrogens is 112 g/mol. The largest absolute Gasteiger partial charge is 0.513 e.